The normalized spacial score (nSPS) is 12.2. The first-order valence-electron chi connectivity index (χ1n) is 6.70. The van der Waals surface area contributed by atoms with Crippen molar-refractivity contribution in [3.05, 3.63) is 0 Å². The third-order valence-corrected chi connectivity index (χ3v) is 2.70. The molecule has 0 unspecified atom stereocenters. The maximum absolute atomic E-state index is 11.8. The second kappa shape index (κ2) is 8.78. The summed E-state index contributed by atoms with van der Waals surface area (Å²) in [6, 6.07) is 0. The van der Waals surface area contributed by atoms with E-state index in [2.05, 4.69) is 27.9 Å². The third kappa shape index (κ3) is 6.47. The Hall–Kier alpha value is -1.26. The lowest BCUT2D eigenvalue weighted by Gasteiger charge is -2.24. The molecule has 0 aliphatic rings. The van der Waals surface area contributed by atoms with Gasteiger partial charge in [-0.2, -0.15) is 0 Å². The molecule has 106 valence electrons. The molecule has 0 spiro atoms. The third-order valence-electron chi connectivity index (χ3n) is 2.70. The summed E-state index contributed by atoms with van der Waals surface area (Å²) in [5.74, 6) is 0.808. The van der Waals surface area contributed by atoms with Crippen molar-refractivity contribution < 1.29 is 4.79 Å². The summed E-state index contributed by atoms with van der Waals surface area (Å²) in [6.07, 6.45) is 2.26. The molecule has 0 saturated heterocycles. The van der Waals surface area contributed by atoms with Crippen LogP contribution in [0.2, 0.25) is 0 Å². The van der Waals surface area contributed by atoms with E-state index in [1.54, 1.807) is 7.05 Å². The van der Waals surface area contributed by atoms with Gasteiger partial charge in [-0.3, -0.25) is 9.79 Å². The van der Waals surface area contributed by atoms with E-state index in [0.717, 1.165) is 25.3 Å². The van der Waals surface area contributed by atoms with Crippen LogP contribution in [0.3, 0.4) is 0 Å². The lowest BCUT2D eigenvalue weighted by Crippen LogP contribution is -2.48. The Balaban J connectivity index is 4.14. The van der Waals surface area contributed by atoms with Gasteiger partial charge in [-0.1, -0.05) is 13.3 Å². The van der Waals surface area contributed by atoms with Crippen LogP contribution in [0.25, 0.3) is 0 Å². The number of hydrogen-bond acceptors (Lipinski definition) is 2. The molecule has 0 aromatic rings. The summed E-state index contributed by atoms with van der Waals surface area (Å²) in [4.78, 5) is 15.9. The molecule has 0 saturated carbocycles. The Morgan fingerprint density at radius 2 is 1.83 bits per heavy atom. The van der Waals surface area contributed by atoms with Crippen molar-refractivity contribution in [2.24, 2.45) is 10.4 Å². The van der Waals surface area contributed by atoms with Crippen molar-refractivity contribution in [2.45, 2.75) is 40.5 Å². The molecule has 0 radical (unpaired) electrons. The molecular formula is C13H28N4O. The molecule has 3 N–H and O–H groups in total. The minimum Gasteiger partial charge on any atom is -0.356 e. The fourth-order valence-electron chi connectivity index (χ4n) is 1.39. The molecule has 5 heteroatoms. The number of carbonyl (C=O) groups is 1. The maximum atomic E-state index is 11.8. The predicted octanol–water partition coefficient (Wildman–Crippen LogP) is 1.11. The minimum absolute atomic E-state index is 0.0570. The van der Waals surface area contributed by atoms with Crippen LogP contribution in [0, 0.1) is 5.41 Å². The van der Waals surface area contributed by atoms with Crippen molar-refractivity contribution in [1.29, 1.82) is 0 Å². The maximum Gasteiger partial charge on any atom is 0.227 e. The summed E-state index contributed by atoms with van der Waals surface area (Å²) < 4.78 is 0. The molecule has 5 nitrogen and oxygen atoms in total. The molecule has 0 heterocycles. The number of nitrogens with one attached hydrogen (secondary N) is 3. The van der Waals surface area contributed by atoms with E-state index in [9.17, 15) is 4.79 Å². The highest BCUT2D eigenvalue weighted by molar-refractivity contribution is 5.84. The molecule has 0 bridgehead atoms. The smallest absolute Gasteiger partial charge is 0.227 e. The van der Waals surface area contributed by atoms with Gasteiger partial charge in [-0.05, 0) is 27.2 Å². The monoisotopic (exact) mass is 256 g/mol. The molecule has 0 aliphatic heterocycles. The average Bonchev–Trinajstić information content (AvgIpc) is 2.34. The molecule has 0 aliphatic carbocycles. The number of unbranched alkanes of at least 4 members (excludes halogenated alkanes) is 1. The van der Waals surface area contributed by atoms with Gasteiger partial charge < -0.3 is 16.0 Å². The van der Waals surface area contributed by atoms with Gasteiger partial charge in [0, 0.05) is 26.7 Å². The first-order chi connectivity index (χ1) is 8.47. The Morgan fingerprint density at radius 1 is 1.17 bits per heavy atom. The Bertz CT molecular complexity index is 274. The number of amides is 1. The average molecular weight is 256 g/mol. The number of carbonyl (C=O) groups excluding carboxylic acids is 1. The van der Waals surface area contributed by atoms with Crippen molar-refractivity contribution in [3.8, 4) is 0 Å². The van der Waals surface area contributed by atoms with Crippen LogP contribution in [0.5, 0.6) is 0 Å². The van der Waals surface area contributed by atoms with Crippen molar-refractivity contribution in [2.75, 3.05) is 26.7 Å². The van der Waals surface area contributed by atoms with Crippen LogP contribution >= 0.6 is 0 Å². The number of guanidine groups is 1. The van der Waals surface area contributed by atoms with Gasteiger partial charge in [-0.25, -0.2) is 0 Å². The zero-order valence-corrected chi connectivity index (χ0v) is 12.4. The van der Waals surface area contributed by atoms with Crippen LogP contribution in [0.15, 0.2) is 4.99 Å². The van der Waals surface area contributed by atoms with Crippen LogP contribution in [-0.4, -0.2) is 38.5 Å². The van der Waals surface area contributed by atoms with Crippen molar-refractivity contribution in [1.82, 2.24) is 16.0 Å². The molecular weight excluding hydrogens is 228 g/mol. The van der Waals surface area contributed by atoms with Crippen LogP contribution in [-0.2, 0) is 4.79 Å². The topological polar surface area (TPSA) is 65.5 Å². The van der Waals surface area contributed by atoms with Crippen molar-refractivity contribution in [3.63, 3.8) is 0 Å². The zero-order valence-electron chi connectivity index (χ0n) is 12.4. The van der Waals surface area contributed by atoms with Gasteiger partial charge >= 0.3 is 0 Å². The summed E-state index contributed by atoms with van der Waals surface area (Å²) in [5, 5.41) is 9.25. The molecule has 0 rings (SSSR count). The van der Waals surface area contributed by atoms with Gasteiger partial charge in [0.25, 0.3) is 0 Å². The number of nitrogens with zero attached hydrogens (tertiary/aromatic N) is 1. The number of aliphatic imine (C=N–C) groups is 1. The molecule has 1 amide bonds. The Labute approximate surface area is 111 Å². The summed E-state index contributed by atoms with van der Waals surface area (Å²) in [7, 11) is 1.74. The van der Waals surface area contributed by atoms with Crippen LogP contribution < -0.4 is 16.0 Å². The van der Waals surface area contributed by atoms with Crippen LogP contribution in [0.1, 0.15) is 40.5 Å². The van der Waals surface area contributed by atoms with E-state index in [1.807, 2.05) is 20.8 Å². The lowest BCUT2D eigenvalue weighted by atomic mass is 9.92. The van der Waals surface area contributed by atoms with Gasteiger partial charge in [0.05, 0.1) is 5.41 Å². The van der Waals surface area contributed by atoms with E-state index in [0.29, 0.717) is 13.1 Å². The van der Waals surface area contributed by atoms with E-state index < -0.39 is 5.41 Å². The second-order valence-electron chi connectivity index (χ2n) is 4.95. The van der Waals surface area contributed by atoms with E-state index in [-0.39, 0.29) is 5.91 Å². The van der Waals surface area contributed by atoms with Gasteiger partial charge in [0.1, 0.15) is 0 Å². The van der Waals surface area contributed by atoms with E-state index in [4.69, 9.17) is 0 Å². The molecule has 18 heavy (non-hydrogen) atoms. The van der Waals surface area contributed by atoms with Gasteiger partial charge in [0.2, 0.25) is 5.91 Å². The summed E-state index contributed by atoms with van der Waals surface area (Å²) in [6.45, 7) is 10.0. The van der Waals surface area contributed by atoms with Crippen molar-refractivity contribution >= 4 is 11.9 Å². The second-order valence-corrected chi connectivity index (χ2v) is 4.95. The first-order valence-corrected chi connectivity index (χ1v) is 6.70. The predicted molar refractivity (Wildman–Crippen MR) is 76.7 cm³/mol. The highest BCUT2D eigenvalue weighted by atomic mass is 16.2. The Kier molecular flexibility index (Phi) is 8.16. The largest absolute Gasteiger partial charge is 0.356 e. The quantitative estimate of drug-likeness (QED) is 0.363. The molecule has 0 aromatic heterocycles. The highest BCUT2D eigenvalue weighted by Crippen LogP contribution is 2.13. The zero-order chi connectivity index (χ0) is 14.0. The highest BCUT2D eigenvalue weighted by Gasteiger charge is 2.27. The lowest BCUT2D eigenvalue weighted by molar-refractivity contribution is -0.128. The van der Waals surface area contributed by atoms with Gasteiger partial charge in [-0.15, -0.1) is 0 Å². The summed E-state index contributed by atoms with van der Waals surface area (Å²) in [5.41, 5.74) is -0.446. The number of rotatable bonds is 7. The van der Waals surface area contributed by atoms with Crippen LogP contribution in [0.4, 0.5) is 0 Å². The molecule has 0 fully saturated rings. The van der Waals surface area contributed by atoms with Gasteiger partial charge in [0.15, 0.2) is 5.96 Å². The first kappa shape index (κ1) is 16.7. The standard InChI is InChI=1S/C13H28N4O/c1-6-8-9-16-12(14-5)17-10-13(3,4)11(18)15-7-2/h6-10H2,1-5H3,(H,15,18)(H2,14,16,17). The fraction of sp³-hybridized carbons (Fsp3) is 0.846. The van der Waals surface area contributed by atoms with E-state index >= 15 is 0 Å². The Morgan fingerprint density at radius 3 is 2.33 bits per heavy atom. The fourth-order valence-corrected chi connectivity index (χ4v) is 1.39. The summed E-state index contributed by atoms with van der Waals surface area (Å²) >= 11 is 0. The minimum atomic E-state index is -0.446. The van der Waals surface area contributed by atoms with E-state index in [1.165, 1.54) is 0 Å². The SMILES string of the molecule is CCCCNC(=NC)NCC(C)(C)C(=O)NCC. The molecule has 0 atom stereocenters. The number of hydrogen-bond donors (Lipinski definition) is 3. The molecule has 0 aromatic carbocycles.